The molecule has 0 aromatic heterocycles. The van der Waals surface area contributed by atoms with Crippen LogP contribution < -0.4 is 5.32 Å². The smallest absolute Gasteiger partial charge is 0.249 e. The zero-order valence-electron chi connectivity index (χ0n) is 10.1. The summed E-state index contributed by atoms with van der Waals surface area (Å²) in [4.78, 5) is 12.4. The topological polar surface area (TPSA) is 32.3 Å². The molecule has 0 saturated carbocycles. The fraction of sp³-hybridized carbons (Fsp3) is 0.417. The van der Waals surface area contributed by atoms with Gasteiger partial charge in [-0.25, -0.2) is 4.90 Å². The van der Waals surface area contributed by atoms with E-state index in [1.165, 1.54) is 11.8 Å². The number of nitrogens with zero attached hydrogens (tertiary/aromatic N) is 1. The molecule has 0 spiro atoms. The minimum atomic E-state index is -1.64. The van der Waals surface area contributed by atoms with Gasteiger partial charge in [-0.2, -0.15) is 0 Å². The molecule has 1 saturated heterocycles. The van der Waals surface area contributed by atoms with Crippen molar-refractivity contribution in [3.8, 4) is 0 Å². The van der Waals surface area contributed by atoms with Gasteiger partial charge in [-0.3, -0.25) is 4.79 Å². The first-order valence-corrected chi connectivity index (χ1v) is 7.67. The number of hydrogen-bond acceptors (Lipinski definition) is 4. The van der Waals surface area contributed by atoms with E-state index < -0.39 is 8.79 Å². The molecule has 3 nitrogen and oxygen atoms in total. The van der Waals surface area contributed by atoms with Gasteiger partial charge in [0, 0.05) is 6.54 Å². The molecule has 1 aliphatic rings. The van der Waals surface area contributed by atoms with Gasteiger partial charge in [-0.15, -0.1) is 11.8 Å². The van der Waals surface area contributed by atoms with Gasteiger partial charge in [-0.1, -0.05) is 65.1 Å². The third-order valence-electron chi connectivity index (χ3n) is 3.05. The predicted octanol–water partition coefficient (Wildman–Crippen LogP) is 2.96. The highest BCUT2D eigenvalue weighted by Gasteiger charge is 2.54. The Kier molecular flexibility index (Phi) is 4.71. The zero-order valence-corrected chi connectivity index (χ0v) is 13.2. The molecule has 0 amide bonds. The first-order chi connectivity index (χ1) is 8.94. The van der Waals surface area contributed by atoms with Crippen molar-refractivity contribution in [3.05, 3.63) is 35.9 Å². The molecule has 19 heavy (non-hydrogen) atoms. The molecule has 0 aliphatic carbocycles. The fourth-order valence-electron chi connectivity index (χ4n) is 2.12. The second-order valence-corrected chi connectivity index (χ2v) is 7.80. The van der Waals surface area contributed by atoms with Gasteiger partial charge >= 0.3 is 0 Å². The summed E-state index contributed by atoms with van der Waals surface area (Å²) in [6.45, 7) is 0.464. The van der Waals surface area contributed by atoms with Gasteiger partial charge in [0.2, 0.25) is 3.92 Å². The molecular weight excluding hydrogens is 327 g/mol. The molecule has 1 aromatic carbocycles. The van der Waals surface area contributed by atoms with E-state index in [0.29, 0.717) is 6.54 Å². The van der Waals surface area contributed by atoms with Gasteiger partial charge in [-0.05, 0) is 12.6 Å². The van der Waals surface area contributed by atoms with Crippen LogP contribution in [0.3, 0.4) is 0 Å². The number of alkyl halides is 3. The summed E-state index contributed by atoms with van der Waals surface area (Å²) in [5, 5.41) is 3.13. The Balaban J connectivity index is 2.49. The number of hydrogen-bond donors (Lipinski definition) is 1. The molecular formula is C12H13Cl3N2OS. The normalized spacial score (nSPS) is 28.5. The Bertz CT molecular complexity index is 454. The average Bonchev–Trinajstić information content (AvgIpc) is 2.80. The highest BCUT2D eigenvalue weighted by atomic mass is 35.6. The van der Waals surface area contributed by atoms with Crippen molar-refractivity contribution in [2.24, 2.45) is 0 Å². The molecule has 2 unspecified atom stereocenters. The van der Waals surface area contributed by atoms with Crippen molar-refractivity contribution in [1.29, 1.82) is 0 Å². The minimum absolute atomic E-state index is 0.0148. The van der Waals surface area contributed by atoms with E-state index in [9.17, 15) is 4.79 Å². The molecule has 2 atom stereocenters. The summed E-state index contributed by atoms with van der Waals surface area (Å²) in [5.74, 6) is 0. The summed E-state index contributed by atoms with van der Waals surface area (Å²) in [7, 11) is 1.82. The molecule has 1 aromatic rings. The Morgan fingerprint density at radius 3 is 2.53 bits per heavy atom. The number of benzene rings is 1. The second kappa shape index (κ2) is 5.80. The van der Waals surface area contributed by atoms with Crippen molar-refractivity contribution in [2.45, 2.75) is 14.2 Å². The van der Waals surface area contributed by atoms with Crippen LogP contribution in [0.1, 0.15) is 5.56 Å². The van der Waals surface area contributed by atoms with Crippen LogP contribution in [0.5, 0.6) is 0 Å². The molecule has 1 aliphatic heterocycles. The monoisotopic (exact) mass is 338 g/mol. The number of carbonyl (C=O) groups is 1. The van der Waals surface area contributed by atoms with Gasteiger partial charge in [0.1, 0.15) is 0 Å². The average molecular weight is 340 g/mol. The number of nitrogens with one attached hydrogen (secondary N) is 1. The van der Waals surface area contributed by atoms with Crippen LogP contribution in [0.4, 0.5) is 0 Å². The van der Waals surface area contributed by atoms with Crippen LogP contribution in [0.2, 0.25) is 0 Å². The lowest BCUT2D eigenvalue weighted by Crippen LogP contribution is -2.48. The fourth-order valence-corrected chi connectivity index (χ4v) is 4.32. The maximum atomic E-state index is 11.8. The van der Waals surface area contributed by atoms with E-state index in [-0.39, 0.29) is 5.37 Å². The second-order valence-electron chi connectivity index (χ2n) is 4.15. The highest BCUT2D eigenvalue weighted by Crippen LogP contribution is 2.52. The first-order valence-electron chi connectivity index (χ1n) is 5.65. The molecule has 7 heteroatoms. The summed E-state index contributed by atoms with van der Waals surface area (Å²) < 4.78 is -1.64. The maximum Gasteiger partial charge on any atom is 0.249 e. The Hall–Kier alpha value is 0.0300. The number of halogens is 3. The molecule has 2 rings (SSSR count). The summed E-state index contributed by atoms with van der Waals surface area (Å²) in [5.41, 5.74) is 0.805. The van der Waals surface area contributed by atoms with E-state index in [0.717, 1.165) is 11.8 Å². The summed E-state index contributed by atoms with van der Waals surface area (Å²) >= 11 is 19.5. The van der Waals surface area contributed by atoms with Crippen molar-refractivity contribution in [2.75, 3.05) is 13.6 Å². The van der Waals surface area contributed by atoms with Crippen molar-refractivity contribution in [3.63, 3.8) is 0 Å². The number of carbonyl (C=O) groups excluding carboxylic acids is 1. The van der Waals surface area contributed by atoms with Crippen molar-refractivity contribution >= 4 is 52.9 Å². The number of aldehydes is 1. The Labute approximate surface area is 131 Å². The Morgan fingerprint density at radius 2 is 2.05 bits per heavy atom. The van der Waals surface area contributed by atoms with E-state index in [1.54, 1.807) is 4.90 Å². The molecule has 0 radical (unpaired) electrons. The van der Waals surface area contributed by atoms with Gasteiger partial charge in [0.05, 0.1) is 5.37 Å². The van der Waals surface area contributed by atoms with Gasteiger partial charge in [0.25, 0.3) is 0 Å². The standard InChI is InChI=1S/C12H13Cl3N2OS/c1-16-10-7-17(12(13,14)15)11(8-18,19-10)9-5-3-2-4-6-9/h2-6,8,10,16H,7H2,1H3. The number of rotatable bonds is 3. The van der Waals surface area contributed by atoms with Crippen LogP contribution >= 0.6 is 46.6 Å². The lowest BCUT2D eigenvalue weighted by atomic mass is 10.1. The SMILES string of the molecule is CNC1CN(C(Cl)(Cl)Cl)C(C=O)(c2ccccc2)S1. The first kappa shape index (κ1) is 15.4. The Morgan fingerprint density at radius 1 is 1.42 bits per heavy atom. The number of likely N-dealkylation sites (N-methyl/N-ethyl adjacent to an activating group) is 1. The van der Waals surface area contributed by atoms with E-state index in [4.69, 9.17) is 34.8 Å². The highest BCUT2D eigenvalue weighted by molar-refractivity contribution is 8.01. The van der Waals surface area contributed by atoms with Crippen LogP contribution in [0, 0.1) is 0 Å². The molecule has 104 valence electrons. The zero-order chi connectivity index (χ0) is 14.1. The van der Waals surface area contributed by atoms with Crippen LogP contribution in [-0.2, 0) is 9.67 Å². The minimum Gasteiger partial charge on any atom is -0.307 e. The van der Waals surface area contributed by atoms with E-state index >= 15 is 0 Å². The van der Waals surface area contributed by atoms with Crippen molar-refractivity contribution in [1.82, 2.24) is 10.2 Å². The maximum absolute atomic E-state index is 11.8. The molecule has 0 bridgehead atoms. The van der Waals surface area contributed by atoms with Crippen LogP contribution in [0.15, 0.2) is 30.3 Å². The lowest BCUT2D eigenvalue weighted by molar-refractivity contribution is -0.114. The predicted molar refractivity (Wildman–Crippen MR) is 81.6 cm³/mol. The molecule has 1 heterocycles. The lowest BCUT2D eigenvalue weighted by Gasteiger charge is -2.37. The van der Waals surface area contributed by atoms with Crippen molar-refractivity contribution < 1.29 is 4.79 Å². The number of thioether (sulfide) groups is 1. The van der Waals surface area contributed by atoms with Gasteiger partial charge in [0.15, 0.2) is 11.2 Å². The molecule has 1 N–H and O–H groups in total. The third kappa shape index (κ3) is 2.89. The largest absolute Gasteiger partial charge is 0.307 e. The van der Waals surface area contributed by atoms with E-state index in [2.05, 4.69) is 5.32 Å². The van der Waals surface area contributed by atoms with E-state index in [1.807, 2.05) is 37.4 Å². The third-order valence-corrected chi connectivity index (χ3v) is 5.24. The molecule has 1 fully saturated rings. The van der Waals surface area contributed by atoms with Gasteiger partial charge < -0.3 is 5.32 Å². The summed E-state index contributed by atoms with van der Waals surface area (Å²) in [6, 6.07) is 9.34. The summed E-state index contributed by atoms with van der Waals surface area (Å²) in [6.07, 6.45) is 0.840. The van der Waals surface area contributed by atoms with Crippen LogP contribution in [0.25, 0.3) is 0 Å². The quantitative estimate of drug-likeness (QED) is 0.521. The van der Waals surface area contributed by atoms with Crippen LogP contribution in [-0.4, -0.2) is 34.1 Å².